The maximum atomic E-state index is 11.3. The molecule has 1 aromatic rings. The topological polar surface area (TPSA) is 55.8 Å². The molecule has 0 saturated carbocycles. The van der Waals surface area contributed by atoms with Crippen LogP contribution < -0.4 is 4.90 Å². The molecular formula is C15H19NO4. The number of carbonyl (C=O) groups excluding carboxylic acids is 2. The molecule has 0 aliphatic rings. The standard InChI is InChI=1S/C15H19NO4/c1-4-14(17)20-11-10-16(5-2)13-8-6-12(7-9-13)15(18)19-3/h4,6-9H,1,5,10-11H2,2-3H3. The smallest absolute Gasteiger partial charge is 0.337 e. The van der Waals surface area contributed by atoms with Crippen molar-refractivity contribution in [2.45, 2.75) is 6.92 Å². The van der Waals surface area contributed by atoms with E-state index in [4.69, 9.17) is 4.74 Å². The van der Waals surface area contributed by atoms with Crippen LogP contribution in [0.25, 0.3) is 0 Å². The second-order valence-electron chi connectivity index (χ2n) is 3.99. The van der Waals surface area contributed by atoms with Crippen molar-refractivity contribution in [3.05, 3.63) is 42.5 Å². The Kier molecular flexibility index (Phi) is 6.29. The summed E-state index contributed by atoms with van der Waals surface area (Å²) in [5.74, 6) is -0.790. The van der Waals surface area contributed by atoms with E-state index in [2.05, 4.69) is 11.3 Å². The number of benzene rings is 1. The minimum atomic E-state index is -0.429. The molecule has 0 N–H and O–H groups in total. The third-order valence-corrected chi connectivity index (χ3v) is 2.81. The first-order valence-electron chi connectivity index (χ1n) is 6.34. The van der Waals surface area contributed by atoms with Crippen molar-refractivity contribution in [3.8, 4) is 0 Å². The van der Waals surface area contributed by atoms with E-state index in [0.717, 1.165) is 18.3 Å². The summed E-state index contributed by atoms with van der Waals surface area (Å²) in [4.78, 5) is 24.3. The van der Waals surface area contributed by atoms with E-state index < -0.39 is 5.97 Å². The SMILES string of the molecule is C=CC(=O)OCCN(CC)c1ccc(C(=O)OC)cc1. The van der Waals surface area contributed by atoms with Crippen LogP contribution >= 0.6 is 0 Å². The summed E-state index contributed by atoms with van der Waals surface area (Å²) in [5.41, 5.74) is 1.46. The van der Waals surface area contributed by atoms with Gasteiger partial charge in [-0.05, 0) is 31.2 Å². The van der Waals surface area contributed by atoms with Gasteiger partial charge in [-0.25, -0.2) is 9.59 Å². The van der Waals surface area contributed by atoms with E-state index in [-0.39, 0.29) is 12.6 Å². The van der Waals surface area contributed by atoms with Crippen molar-refractivity contribution in [2.75, 3.05) is 31.7 Å². The molecule has 0 amide bonds. The van der Waals surface area contributed by atoms with Crippen LogP contribution in [0.2, 0.25) is 0 Å². The Morgan fingerprint density at radius 2 is 1.95 bits per heavy atom. The minimum absolute atomic E-state index is 0.289. The molecule has 0 bridgehead atoms. The van der Waals surface area contributed by atoms with E-state index in [9.17, 15) is 9.59 Å². The van der Waals surface area contributed by atoms with E-state index in [1.165, 1.54) is 7.11 Å². The van der Waals surface area contributed by atoms with Gasteiger partial charge in [-0.3, -0.25) is 0 Å². The quantitative estimate of drug-likeness (QED) is 0.564. The van der Waals surface area contributed by atoms with Crippen molar-refractivity contribution in [1.29, 1.82) is 0 Å². The van der Waals surface area contributed by atoms with Gasteiger partial charge in [-0.15, -0.1) is 0 Å². The van der Waals surface area contributed by atoms with Crippen molar-refractivity contribution in [3.63, 3.8) is 0 Å². The monoisotopic (exact) mass is 277 g/mol. The normalized spacial score (nSPS) is 9.70. The predicted octanol–water partition coefficient (Wildman–Crippen LogP) is 2.03. The molecule has 1 aromatic carbocycles. The van der Waals surface area contributed by atoms with Crippen molar-refractivity contribution < 1.29 is 19.1 Å². The molecule has 0 heterocycles. The molecular weight excluding hydrogens is 258 g/mol. The lowest BCUT2D eigenvalue weighted by atomic mass is 10.2. The van der Waals surface area contributed by atoms with Gasteiger partial charge in [0.25, 0.3) is 0 Å². The lowest BCUT2D eigenvalue weighted by molar-refractivity contribution is -0.137. The second kappa shape index (κ2) is 7.99. The van der Waals surface area contributed by atoms with Crippen LogP contribution in [0.3, 0.4) is 0 Å². The van der Waals surface area contributed by atoms with Gasteiger partial charge in [0, 0.05) is 18.3 Å². The Morgan fingerprint density at radius 3 is 2.45 bits per heavy atom. The van der Waals surface area contributed by atoms with Crippen LogP contribution in [0, 0.1) is 0 Å². The third-order valence-electron chi connectivity index (χ3n) is 2.81. The van der Waals surface area contributed by atoms with Gasteiger partial charge >= 0.3 is 11.9 Å². The molecule has 0 radical (unpaired) electrons. The summed E-state index contributed by atoms with van der Waals surface area (Å²) in [6.07, 6.45) is 1.14. The van der Waals surface area contributed by atoms with Crippen LogP contribution in [-0.4, -0.2) is 38.7 Å². The number of nitrogens with zero attached hydrogens (tertiary/aromatic N) is 1. The molecule has 1 rings (SSSR count). The number of hydrogen-bond acceptors (Lipinski definition) is 5. The Morgan fingerprint density at radius 1 is 1.30 bits per heavy atom. The number of rotatable bonds is 7. The fourth-order valence-electron chi connectivity index (χ4n) is 1.71. The first-order valence-corrected chi connectivity index (χ1v) is 6.34. The number of methoxy groups -OCH3 is 1. The number of carbonyl (C=O) groups is 2. The zero-order chi connectivity index (χ0) is 15.0. The summed E-state index contributed by atoms with van der Waals surface area (Å²) >= 11 is 0. The lowest BCUT2D eigenvalue weighted by Gasteiger charge is -2.22. The highest BCUT2D eigenvalue weighted by molar-refractivity contribution is 5.89. The van der Waals surface area contributed by atoms with E-state index in [1.807, 2.05) is 24.0 Å². The molecule has 0 unspecified atom stereocenters. The number of esters is 2. The fraction of sp³-hybridized carbons (Fsp3) is 0.333. The molecule has 0 aromatic heterocycles. The minimum Gasteiger partial charge on any atom is -0.465 e. The number of anilines is 1. The van der Waals surface area contributed by atoms with Gasteiger partial charge in [0.05, 0.1) is 19.2 Å². The van der Waals surface area contributed by atoms with Crippen LogP contribution in [0.5, 0.6) is 0 Å². The van der Waals surface area contributed by atoms with Gasteiger partial charge in [0.2, 0.25) is 0 Å². The van der Waals surface area contributed by atoms with Crippen LogP contribution in [0.15, 0.2) is 36.9 Å². The first-order chi connectivity index (χ1) is 9.62. The van der Waals surface area contributed by atoms with Crippen LogP contribution in [0.4, 0.5) is 5.69 Å². The second-order valence-corrected chi connectivity index (χ2v) is 3.99. The fourth-order valence-corrected chi connectivity index (χ4v) is 1.71. The van der Waals surface area contributed by atoms with Crippen molar-refractivity contribution in [2.24, 2.45) is 0 Å². The van der Waals surface area contributed by atoms with Crippen molar-refractivity contribution >= 4 is 17.6 Å². The Balaban J connectivity index is 2.63. The summed E-state index contributed by atoms with van der Waals surface area (Å²) in [6.45, 7) is 6.98. The Bertz CT molecular complexity index is 467. The van der Waals surface area contributed by atoms with Crippen LogP contribution in [0.1, 0.15) is 17.3 Å². The largest absolute Gasteiger partial charge is 0.465 e. The third kappa shape index (κ3) is 4.42. The zero-order valence-corrected chi connectivity index (χ0v) is 11.8. The number of likely N-dealkylation sites (N-methyl/N-ethyl adjacent to an activating group) is 1. The highest BCUT2D eigenvalue weighted by atomic mass is 16.5. The van der Waals surface area contributed by atoms with Gasteiger partial charge < -0.3 is 14.4 Å². The molecule has 108 valence electrons. The first kappa shape index (κ1) is 15.8. The molecule has 20 heavy (non-hydrogen) atoms. The molecule has 0 saturated heterocycles. The molecule has 0 spiro atoms. The number of hydrogen-bond donors (Lipinski definition) is 0. The molecule has 0 aliphatic carbocycles. The summed E-state index contributed by atoms with van der Waals surface area (Å²) < 4.78 is 9.60. The molecule has 5 nitrogen and oxygen atoms in total. The zero-order valence-electron chi connectivity index (χ0n) is 11.8. The summed E-state index contributed by atoms with van der Waals surface area (Å²) in [5, 5.41) is 0. The molecule has 0 fully saturated rings. The maximum absolute atomic E-state index is 11.3. The average molecular weight is 277 g/mol. The molecule has 5 heteroatoms. The Hall–Kier alpha value is -2.30. The van der Waals surface area contributed by atoms with E-state index in [1.54, 1.807) is 12.1 Å². The van der Waals surface area contributed by atoms with Gasteiger partial charge in [-0.2, -0.15) is 0 Å². The van der Waals surface area contributed by atoms with Crippen molar-refractivity contribution in [1.82, 2.24) is 0 Å². The lowest BCUT2D eigenvalue weighted by Crippen LogP contribution is -2.27. The average Bonchev–Trinajstić information content (AvgIpc) is 2.50. The highest BCUT2D eigenvalue weighted by Gasteiger charge is 2.08. The van der Waals surface area contributed by atoms with E-state index >= 15 is 0 Å². The molecule has 0 aliphatic heterocycles. The number of ether oxygens (including phenoxy) is 2. The van der Waals surface area contributed by atoms with Gasteiger partial charge in [0.1, 0.15) is 6.61 Å². The summed E-state index contributed by atoms with van der Waals surface area (Å²) in [6, 6.07) is 7.09. The summed E-state index contributed by atoms with van der Waals surface area (Å²) in [7, 11) is 1.35. The highest BCUT2D eigenvalue weighted by Crippen LogP contribution is 2.15. The molecule has 0 atom stereocenters. The maximum Gasteiger partial charge on any atom is 0.337 e. The van der Waals surface area contributed by atoms with E-state index in [0.29, 0.717) is 12.1 Å². The van der Waals surface area contributed by atoms with Gasteiger partial charge in [0.15, 0.2) is 0 Å². The van der Waals surface area contributed by atoms with Crippen LogP contribution in [-0.2, 0) is 14.3 Å². The van der Waals surface area contributed by atoms with Gasteiger partial charge in [-0.1, -0.05) is 6.58 Å². The Labute approximate surface area is 118 Å². The predicted molar refractivity (Wildman–Crippen MR) is 76.8 cm³/mol.